The molecule has 22 heavy (non-hydrogen) atoms. The Balaban J connectivity index is 2.15. The maximum Gasteiger partial charge on any atom is 0.307 e. The summed E-state index contributed by atoms with van der Waals surface area (Å²) in [5, 5.41) is 0.483. The van der Waals surface area contributed by atoms with Crippen LogP contribution in [0.25, 0.3) is 0 Å². The van der Waals surface area contributed by atoms with Crippen LogP contribution in [0, 0.1) is 0 Å². The number of benzene rings is 1. The van der Waals surface area contributed by atoms with Gasteiger partial charge in [0.2, 0.25) is 0 Å². The zero-order valence-electron chi connectivity index (χ0n) is 12.1. The van der Waals surface area contributed by atoms with E-state index in [-0.39, 0.29) is 31.4 Å². The van der Waals surface area contributed by atoms with Crippen molar-refractivity contribution in [1.82, 2.24) is 4.90 Å². The van der Waals surface area contributed by atoms with Crippen molar-refractivity contribution in [2.45, 2.75) is 13.0 Å². The van der Waals surface area contributed by atoms with E-state index in [0.29, 0.717) is 16.3 Å². The quantitative estimate of drug-likeness (QED) is 0.767. The molecule has 0 N–H and O–H groups in total. The van der Waals surface area contributed by atoms with Crippen molar-refractivity contribution in [2.75, 3.05) is 13.7 Å². The summed E-state index contributed by atoms with van der Waals surface area (Å²) in [6.45, 7) is 0.508. The maximum absolute atomic E-state index is 12.6. The number of esters is 1. The van der Waals surface area contributed by atoms with Crippen molar-refractivity contribution in [2.24, 2.45) is 0 Å². The molecule has 0 radical (unpaired) electrons. The van der Waals surface area contributed by atoms with Gasteiger partial charge in [-0.2, -0.15) is 0 Å². The second-order valence-electron chi connectivity index (χ2n) is 4.64. The Kier molecular flexibility index (Phi) is 5.61. The van der Waals surface area contributed by atoms with Gasteiger partial charge in [0, 0.05) is 17.1 Å². The molecule has 0 unspecified atom stereocenters. The fourth-order valence-electron chi connectivity index (χ4n) is 1.98. The number of rotatable bonds is 6. The van der Waals surface area contributed by atoms with Crippen LogP contribution in [-0.4, -0.2) is 30.4 Å². The number of furan rings is 1. The van der Waals surface area contributed by atoms with Gasteiger partial charge in [0.15, 0.2) is 0 Å². The van der Waals surface area contributed by atoms with Crippen LogP contribution in [0.1, 0.15) is 22.5 Å². The maximum atomic E-state index is 12.6. The number of carbonyl (C=O) groups is 2. The summed E-state index contributed by atoms with van der Waals surface area (Å²) in [5.41, 5.74) is 0.462. The minimum absolute atomic E-state index is 0.115. The van der Waals surface area contributed by atoms with Crippen molar-refractivity contribution < 1.29 is 18.7 Å². The molecule has 2 rings (SSSR count). The van der Waals surface area contributed by atoms with Crippen LogP contribution < -0.4 is 0 Å². The molecule has 0 saturated carbocycles. The summed E-state index contributed by atoms with van der Waals surface area (Å²) >= 11 is 5.92. The lowest BCUT2D eigenvalue weighted by atomic mass is 10.2. The van der Waals surface area contributed by atoms with E-state index in [1.165, 1.54) is 18.3 Å². The van der Waals surface area contributed by atoms with Crippen molar-refractivity contribution in [3.63, 3.8) is 0 Å². The third-order valence-electron chi connectivity index (χ3n) is 3.10. The normalized spacial score (nSPS) is 10.3. The van der Waals surface area contributed by atoms with Crippen LogP contribution in [0.15, 0.2) is 47.1 Å². The molecule has 5 nitrogen and oxygen atoms in total. The molecule has 0 atom stereocenters. The summed E-state index contributed by atoms with van der Waals surface area (Å²) in [5.74, 6) is 0.0476. The van der Waals surface area contributed by atoms with Gasteiger partial charge in [-0.15, -0.1) is 0 Å². The summed E-state index contributed by atoms with van der Waals surface area (Å²) in [4.78, 5) is 25.5. The first-order valence-corrected chi connectivity index (χ1v) is 7.12. The topological polar surface area (TPSA) is 59.8 Å². The molecular formula is C16H16ClNO4. The third-order valence-corrected chi connectivity index (χ3v) is 3.33. The second-order valence-corrected chi connectivity index (χ2v) is 5.08. The Labute approximate surface area is 133 Å². The lowest BCUT2D eigenvalue weighted by molar-refractivity contribution is -0.140. The second kappa shape index (κ2) is 7.66. The average Bonchev–Trinajstić information content (AvgIpc) is 3.03. The van der Waals surface area contributed by atoms with Gasteiger partial charge in [0.25, 0.3) is 5.91 Å². The number of hydrogen-bond donors (Lipinski definition) is 0. The summed E-state index contributed by atoms with van der Waals surface area (Å²) in [6, 6.07) is 10.2. The monoisotopic (exact) mass is 321 g/mol. The highest BCUT2D eigenvalue weighted by Gasteiger charge is 2.18. The molecule has 0 spiro atoms. The third kappa shape index (κ3) is 4.36. The Morgan fingerprint density at radius 1 is 1.27 bits per heavy atom. The Bertz CT molecular complexity index is 639. The van der Waals surface area contributed by atoms with Crippen LogP contribution >= 0.6 is 11.6 Å². The van der Waals surface area contributed by atoms with Crippen LogP contribution in [0.5, 0.6) is 0 Å². The Hall–Kier alpha value is -2.27. The van der Waals surface area contributed by atoms with E-state index in [1.54, 1.807) is 36.4 Å². The molecule has 0 fully saturated rings. The zero-order valence-corrected chi connectivity index (χ0v) is 12.9. The molecule has 0 bridgehead atoms. The first-order valence-electron chi connectivity index (χ1n) is 6.74. The van der Waals surface area contributed by atoms with Crippen molar-refractivity contribution >= 4 is 23.5 Å². The summed E-state index contributed by atoms with van der Waals surface area (Å²) in [6.07, 6.45) is 1.65. The first-order chi connectivity index (χ1) is 10.6. The average molecular weight is 322 g/mol. The highest BCUT2D eigenvalue weighted by atomic mass is 35.5. The van der Waals surface area contributed by atoms with E-state index in [1.807, 2.05) is 0 Å². The van der Waals surface area contributed by atoms with Gasteiger partial charge in [-0.1, -0.05) is 17.7 Å². The minimum atomic E-state index is -0.372. The van der Waals surface area contributed by atoms with Crippen LogP contribution in [-0.2, 0) is 16.1 Å². The van der Waals surface area contributed by atoms with Crippen LogP contribution in [0.4, 0.5) is 0 Å². The molecule has 1 heterocycles. The minimum Gasteiger partial charge on any atom is -0.469 e. The lowest BCUT2D eigenvalue weighted by Gasteiger charge is -2.21. The smallest absolute Gasteiger partial charge is 0.307 e. The predicted octanol–water partition coefficient (Wildman–Crippen LogP) is 3.14. The molecule has 2 aromatic rings. The fourth-order valence-corrected chi connectivity index (χ4v) is 2.17. The van der Waals surface area contributed by atoms with Crippen LogP contribution in [0.3, 0.4) is 0 Å². The van der Waals surface area contributed by atoms with E-state index in [9.17, 15) is 9.59 Å². The van der Waals surface area contributed by atoms with E-state index in [2.05, 4.69) is 4.74 Å². The molecule has 0 saturated heterocycles. The Morgan fingerprint density at radius 2 is 2.09 bits per heavy atom. The van der Waals surface area contributed by atoms with Gasteiger partial charge in [0.05, 0.1) is 26.3 Å². The van der Waals surface area contributed by atoms with E-state index in [0.717, 1.165) is 0 Å². The standard InChI is InChI=1S/C16H16ClNO4/c1-21-15(19)7-8-18(11-14-6-3-9-22-14)16(20)12-4-2-5-13(17)10-12/h2-6,9-10H,7-8,11H2,1H3. The van der Waals surface area contributed by atoms with E-state index < -0.39 is 0 Å². The summed E-state index contributed by atoms with van der Waals surface area (Å²) < 4.78 is 9.89. The molecule has 1 aromatic heterocycles. The van der Waals surface area contributed by atoms with Gasteiger partial charge in [-0.3, -0.25) is 9.59 Å². The molecule has 1 aromatic carbocycles. The van der Waals surface area contributed by atoms with Gasteiger partial charge in [-0.05, 0) is 30.3 Å². The van der Waals surface area contributed by atoms with Crippen molar-refractivity contribution in [3.05, 3.63) is 59.0 Å². The molecule has 1 amide bonds. The van der Waals surface area contributed by atoms with Crippen molar-refractivity contribution in [1.29, 1.82) is 0 Å². The predicted molar refractivity (Wildman–Crippen MR) is 81.5 cm³/mol. The molecular weight excluding hydrogens is 306 g/mol. The molecule has 6 heteroatoms. The Morgan fingerprint density at radius 3 is 2.73 bits per heavy atom. The van der Waals surface area contributed by atoms with Gasteiger partial charge in [-0.25, -0.2) is 0 Å². The van der Waals surface area contributed by atoms with Crippen molar-refractivity contribution in [3.8, 4) is 0 Å². The molecule has 116 valence electrons. The number of amides is 1. The molecule has 0 aliphatic carbocycles. The lowest BCUT2D eigenvalue weighted by Crippen LogP contribution is -2.32. The van der Waals surface area contributed by atoms with Gasteiger partial charge >= 0.3 is 5.97 Å². The SMILES string of the molecule is COC(=O)CCN(Cc1ccco1)C(=O)c1cccc(Cl)c1. The first kappa shape index (κ1) is 16.1. The number of halogens is 1. The zero-order chi connectivity index (χ0) is 15.9. The number of hydrogen-bond acceptors (Lipinski definition) is 4. The van der Waals surface area contributed by atoms with E-state index in [4.69, 9.17) is 16.0 Å². The molecule has 0 aliphatic rings. The molecule has 0 aliphatic heterocycles. The van der Waals surface area contributed by atoms with Crippen LogP contribution in [0.2, 0.25) is 5.02 Å². The largest absolute Gasteiger partial charge is 0.469 e. The fraction of sp³-hybridized carbons (Fsp3) is 0.250. The highest BCUT2D eigenvalue weighted by Crippen LogP contribution is 2.15. The van der Waals surface area contributed by atoms with Gasteiger partial charge in [0.1, 0.15) is 5.76 Å². The number of ether oxygens (including phenoxy) is 1. The highest BCUT2D eigenvalue weighted by molar-refractivity contribution is 6.30. The summed E-state index contributed by atoms with van der Waals surface area (Å²) in [7, 11) is 1.32. The number of carbonyl (C=O) groups excluding carboxylic acids is 2. The number of methoxy groups -OCH3 is 1. The number of nitrogens with zero attached hydrogens (tertiary/aromatic N) is 1. The van der Waals surface area contributed by atoms with E-state index >= 15 is 0 Å². The van der Waals surface area contributed by atoms with Gasteiger partial charge < -0.3 is 14.1 Å².